The Labute approximate surface area is 149 Å². The first-order valence-corrected chi connectivity index (χ1v) is 9.04. The van der Waals surface area contributed by atoms with Crippen LogP contribution in [0.5, 0.6) is 0 Å². The summed E-state index contributed by atoms with van der Waals surface area (Å²) in [4.78, 5) is 13.6. The standard InChI is InChI=1S/C18H26ClN5/c1-22(2)10-4-11-23-14-9-21-17(23)15-6-12-24(13-7-15)18-16(19)5-3-8-20-18/h3,5,8-9,14-15H,4,6-7,10-13H2,1-2H3. The van der Waals surface area contributed by atoms with Crippen molar-refractivity contribution in [3.05, 3.63) is 41.6 Å². The second-order valence-corrected chi connectivity index (χ2v) is 7.11. The Bertz CT molecular complexity index is 646. The number of piperidine rings is 1. The van der Waals surface area contributed by atoms with E-state index in [0.29, 0.717) is 5.92 Å². The summed E-state index contributed by atoms with van der Waals surface area (Å²) in [7, 11) is 4.24. The van der Waals surface area contributed by atoms with E-state index in [-0.39, 0.29) is 0 Å². The van der Waals surface area contributed by atoms with Gasteiger partial charge in [-0.25, -0.2) is 9.97 Å². The Morgan fingerprint density at radius 2 is 2.00 bits per heavy atom. The van der Waals surface area contributed by atoms with E-state index in [1.54, 1.807) is 0 Å². The van der Waals surface area contributed by atoms with Gasteiger partial charge in [-0.05, 0) is 52.0 Å². The first kappa shape index (κ1) is 17.2. The number of rotatable bonds is 6. The number of anilines is 1. The third kappa shape index (κ3) is 4.08. The summed E-state index contributed by atoms with van der Waals surface area (Å²) in [5.74, 6) is 2.67. The highest BCUT2D eigenvalue weighted by atomic mass is 35.5. The summed E-state index contributed by atoms with van der Waals surface area (Å²) in [5, 5.41) is 0.737. The van der Waals surface area contributed by atoms with Gasteiger partial charge in [-0.2, -0.15) is 0 Å². The molecule has 130 valence electrons. The van der Waals surface area contributed by atoms with Gasteiger partial charge in [-0.1, -0.05) is 11.6 Å². The Morgan fingerprint density at radius 1 is 1.21 bits per heavy atom. The summed E-state index contributed by atoms with van der Waals surface area (Å²) in [5.41, 5.74) is 0. The highest BCUT2D eigenvalue weighted by molar-refractivity contribution is 6.32. The van der Waals surface area contributed by atoms with Gasteiger partial charge in [0.05, 0.1) is 5.02 Å². The van der Waals surface area contributed by atoms with E-state index < -0.39 is 0 Å². The van der Waals surface area contributed by atoms with E-state index in [4.69, 9.17) is 11.6 Å². The van der Waals surface area contributed by atoms with Crippen LogP contribution in [0.3, 0.4) is 0 Å². The highest BCUT2D eigenvalue weighted by Gasteiger charge is 2.25. The zero-order chi connectivity index (χ0) is 16.9. The topological polar surface area (TPSA) is 37.2 Å². The summed E-state index contributed by atoms with van der Waals surface area (Å²) in [6.07, 6.45) is 9.21. The fraction of sp³-hybridized carbons (Fsp3) is 0.556. The zero-order valence-corrected chi connectivity index (χ0v) is 15.3. The maximum absolute atomic E-state index is 6.28. The Kier molecular flexibility index (Phi) is 5.74. The molecular formula is C18H26ClN5. The molecule has 3 rings (SSSR count). The molecule has 0 N–H and O–H groups in total. The van der Waals surface area contributed by atoms with Gasteiger partial charge in [0.25, 0.3) is 0 Å². The SMILES string of the molecule is CN(C)CCCn1ccnc1C1CCN(c2ncccc2Cl)CC1. The van der Waals surface area contributed by atoms with E-state index >= 15 is 0 Å². The molecule has 0 amide bonds. The summed E-state index contributed by atoms with van der Waals surface area (Å²) in [6.45, 7) is 4.10. The van der Waals surface area contributed by atoms with Crippen LogP contribution in [-0.2, 0) is 6.54 Å². The van der Waals surface area contributed by atoms with Crippen LogP contribution in [0.4, 0.5) is 5.82 Å². The smallest absolute Gasteiger partial charge is 0.147 e. The average molecular weight is 348 g/mol. The Balaban J connectivity index is 1.59. The lowest BCUT2D eigenvalue weighted by atomic mass is 9.96. The van der Waals surface area contributed by atoms with Crippen molar-refractivity contribution in [2.45, 2.75) is 31.7 Å². The third-order valence-corrected chi connectivity index (χ3v) is 4.95. The number of nitrogens with zero attached hydrogens (tertiary/aromatic N) is 5. The van der Waals surface area contributed by atoms with Crippen molar-refractivity contribution in [3.63, 3.8) is 0 Å². The van der Waals surface area contributed by atoms with Crippen LogP contribution in [-0.4, -0.2) is 53.2 Å². The molecule has 0 unspecified atom stereocenters. The first-order valence-electron chi connectivity index (χ1n) is 8.66. The van der Waals surface area contributed by atoms with Crippen LogP contribution in [0.2, 0.25) is 5.02 Å². The number of halogens is 1. The van der Waals surface area contributed by atoms with E-state index in [9.17, 15) is 0 Å². The molecule has 1 fully saturated rings. The molecule has 0 aliphatic carbocycles. The fourth-order valence-electron chi connectivity index (χ4n) is 3.39. The summed E-state index contributed by atoms with van der Waals surface area (Å²) >= 11 is 6.28. The molecule has 0 radical (unpaired) electrons. The van der Waals surface area contributed by atoms with E-state index in [0.717, 1.165) is 56.3 Å². The molecule has 1 aliphatic rings. The average Bonchev–Trinajstić information content (AvgIpc) is 3.04. The second kappa shape index (κ2) is 7.99. The Morgan fingerprint density at radius 3 is 2.71 bits per heavy atom. The molecule has 6 heteroatoms. The lowest BCUT2D eigenvalue weighted by Gasteiger charge is -2.33. The predicted octanol–water partition coefficient (Wildman–Crippen LogP) is 3.27. The van der Waals surface area contributed by atoms with Crippen molar-refractivity contribution >= 4 is 17.4 Å². The first-order chi connectivity index (χ1) is 11.6. The van der Waals surface area contributed by atoms with Gasteiger partial charge in [0, 0.05) is 44.1 Å². The lowest BCUT2D eigenvalue weighted by molar-refractivity contribution is 0.380. The van der Waals surface area contributed by atoms with Crippen LogP contribution in [0, 0.1) is 0 Å². The molecule has 0 saturated carbocycles. The molecule has 2 aromatic heterocycles. The summed E-state index contributed by atoms with van der Waals surface area (Å²) < 4.78 is 2.33. The molecule has 3 heterocycles. The van der Waals surface area contributed by atoms with Crippen molar-refractivity contribution in [1.82, 2.24) is 19.4 Å². The molecule has 0 bridgehead atoms. The monoisotopic (exact) mass is 347 g/mol. The molecule has 1 saturated heterocycles. The van der Waals surface area contributed by atoms with Gasteiger partial charge in [0.15, 0.2) is 0 Å². The van der Waals surface area contributed by atoms with Crippen molar-refractivity contribution in [2.24, 2.45) is 0 Å². The maximum Gasteiger partial charge on any atom is 0.147 e. The number of imidazole rings is 1. The van der Waals surface area contributed by atoms with Gasteiger partial charge in [-0.15, -0.1) is 0 Å². The number of hydrogen-bond acceptors (Lipinski definition) is 4. The van der Waals surface area contributed by atoms with Gasteiger partial charge in [0.2, 0.25) is 0 Å². The van der Waals surface area contributed by atoms with Crippen molar-refractivity contribution < 1.29 is 0 Å². The fourth-order valence-corrected chi connectivity index (χ4v) is 3.63. The summed E-state index contributed by atoms with van der Waals surface area (Å²) in [6, 6.07) is 3.79. The van der Waals surface area contributed by atoms with E-state index in [2.05, 4.69) is 44.6 Å². The van der Waals surface area contributed by atoms with Gasteiger partial charge >= 0.3 is 0 Å². The minimum atomic E-state index is 0.526. The van der Waals surface area contributed by atoms with Crippen LogP contribution in [0.1, 0.15) is 31.0 Å². The second-order valence-electron chi connectivity index (χ2n) is 6.71. The van der Waals surface area contributed by atoms with Gasteiger partial charge < -0.3 is 14.4 Å². The van der Waals surface area contributed by atoms with Crippen molar-refractivity contribution in [1.29, 1.82) is 0 Å². The van der Waals surface area contributed by atoms with Crippen LogP contribution in [0.15, 0.2) is 30.7 Å². The predicted molar refractivity (Wildman–Crippen MR) is 98.8 cm³/mol. The maximum atomic E-state index is 6.28. The lowest BCUT2D eigenvalue weighted by Crippen LogP contribution is -2.34. The molecule has 5 nitrogen and oxygen atoms in total. The van der Waals surface area contributed by atoms with Crippen molar-refractivity contribution in [2.75, 3.05) is 38.6 Å². The van der Waals surface area contributed by atoms with Gasteiger partial charge in [0.1, 0.15) is 11.6 Å². The zero-order valence-electron chi connectivity index (χ0n) is 14.5. The molecule has 1 aliphatic heterocycles. The largest absolute Gasteiger partial charge is 0.355 e. The number of aryl methyl sites for hydroxylation is 1. The van der Waals surface area contributed by atoms with Crippen LogP contribution >= 0.6 is 11.6 Å². The molecule has 0 spiro atoms. The van der Waals surface area contributed by atoms with E-state index in [1.165, 1.54) is 5.82 Å². The quantitative estimate of drug-likeness (QED) is 0.803. The minimum Gasteiger partial charge on any atom is -0.355 e. The number of pyridine rings is 1. The Hall–Kier alpha value is -1.59. The third-order valence-electron chi connectivity index (χ3n) is 4.65. The normalized spacial score (nSPS) is 16.1. The van der Waals surface area contributed by atoms with Crippen LogP contribution in [0.25, 0.3) is 0 Å². The minimum absolute atomic E-state index is 0.526. The molecule has 24 heavy (non-hydrogen) atoms. The molecule has 0 aromatic carbocycles. The molecule has 2 aromatic rings. The molecular weight excluding hydrogens is 322 g/mol. The number of hydrogen-bond donors (Lipinski definition) is 0. The van der Waals surface area contributed by atoms with Gasteiger partial charge in [-0.3, -0.25) is 0 Å². The van der Waals surface area contributed by atoms with Crippen LogP contribution < -0.4 is 4.90 Å². The van der Waals surface area contributed by atoms with E-state index in [1.807, 2.05) is 24.5 Å². The highest BCUT2D eigenvalue weighted by Crippen LogP contribution is 2.31. The molecule has 0 atom stereocenters. The van der Waals surface area contributed by atoms with Crippen molar-refractivity contribution in [3.8, 4) is 0 Å². The number of aromatic nitrogens is 3.